The molecule has 0 aliphatic carbocycles. The summed E-state index contributed by atoms with van der Waals surface area (Å²) in [7, 11) is 0. The van der Waals surface area contributed by atoms with Crippen molar-refractivity contribution in [2.24, 2.45) is 0 Å². The van der Waals surface area contributed by atoms with Gasteiger partial charge in [0.1, 0.15) is 4.32 Å². The zero-order valence-electron chi connectivity index (χ0n) is 17.1. The summed E-state index contributed by atoms with van der Waals surface area (Å²) in [6.45, 7) is 4.38. The number of thiocarbonyl (C=S) groups is 1. The minimum atomic E-state index is -0.0927. The van der Waals surface area contributed by atoms with Gasteiger partial charge in [0.15, 0.2) is 0 Å². The fraction of sp³-hybridized carbons (Fsp3) is 0.208. The lowest BCUT2D eigenvalue weighted by atomic mass is 10.1. The maximum atomic E-state index is 12.7. The SMILES string of the molecule is CC(=Cc1ccccc1)C=C1SC(=S)N(CCCC(=O)Nc2cccc(C)c2)C1=O. The molecule has 2 amide bonds. The Morgan fingerprint density at radius 2 is 1.93 bits per heavy atom. The van der Waals surface area contributed by atoms with E-state index in [1.54, 1.807) is 4.90 Å². The van der Waals surface area contributed by atoms with Crippen LogP contribution in [0.2, 0.25) is 0 Å². The fourth-order valence-corrected chi connectivity index (χ4v) is 4.46. The summed E-state index contributed by atoms with van der Waals surface area (Å²) in [5.41, 5.74) is 3.95. The molecule has 0 unspecified atom stereocenters. The third-order valence-corrected chi connectivity index (χ3v) is 5.89. The van der Waals surface area contributed by atoms with E-state index in [-0.39, 0.29) is 11.8 Å². The van der Waals surface area contributed by atoms with Crippen molar-refractivity contribution in [3.63, 3.8) is 0 Å². The second-order valence-electron chi connectivity index (χ2n) is 7.15. The Labute approximate surface area is 187 Å². The summed E-state index contributed by atoms with van der Waals surface area (Å²) in [6, 6.07) is 17.6. The van der Waals surface area contributed by atoms with Crippen molar-refractivity contribution in [1.29, 1.82) is 0 Å². The Kier molecular flexibility index (Phi) is 7.60. The number of carbonyl (C=O) groups excluding carboxylic acids is 2. The molecule has 1 aliphatic heterocycles. The van der Waals surface area contributed by atoms with Gasteiger partial charge in [-0.15, -0.1) is 0 Å². The van der Waals surface area contributed by atoms with Crippen LogP contribution in [0.4, 0.5) is 5.69 Å². The van der Waals surface area contributed by atoms with Gasteiger partial charge in [0.2, 0.25) is 5.91 Å². The number of allylic oxidation sites excluding steroid dienone is 2. The lowest BCUT2D eigenvalue weighted by Crippen LogP contribution is -2.29. The van der Waals surface area contributed by atoms with Gasteiger partial charge in [-0.1, -0.05) is 72.5 Å². The highest BCUT2D eigenvalue weighted by Crippen LogP contribution is 2.32. The second-order valence-corrected chi connectivity index (χ2v) is 8.83. The summed E-state index contributed by atoms with van der Waals surface area (Å²) >= 11 is 6.69. The molecule has 0 radical (unpaired) electrons. The molecule has 1 aliphatic rings. The molecule has 0 saturated carbocycles. The molecule has 3 rings (SSSR count). The van der Waals surface area contributed by atoms with Crippen LogP contribution in [-0.2, 0) is 9.59 Å². The number of rotatable bonds is 7. The highest BCUT2D eigenvalue weighted by Gasteiger charge is 2.31. The zero-order chi connectivity index (χ0) is 21.5. The summed E-state index contributed by atoms with van der Waals surface area (Å²) in [5.74, 6) is -0.159. The van der Waals surface area contributed by atoms with Crippen molar-refractivity contribution >= 4 is 51.9 Å². The van der Waals surface area contributed by atoms with Crippen molar-refractivity contribution in [3.05, 3.63) is 82.3 Å². The third kappa shape index (κ3) is 6.15. The molecular weight excluding hydrogens is 412 g/mol. The largest absolute Gasteiger partial charge is 0.326 e. The second kappa shape index (κ2) is 10.4. The molecule has 154 valence electrons. The molecule has 0 aromatic heterocycles. The van der Waals surface area contributed by atoms with Crippen molar-refractivity contribution in [2.45, 2.75) is 26.7 Å². The highest BCUT2D eigenvalue weighted by molar-refractivity contribution is 8.26. The maximum Gasteiger partial charge on any atom is 0.266 e. The van der Waals surface area contributed by atoms with Gasteiger partial charge >= 0.3 is 0 Å². The number of benzene rings is 2. The van der Waals surface area contributed by atoms with E-state index >= 15 is 0 Å². The lowest BCUT2D eigenvalue weighted by Gasteiger charge is -2.14. The minimum absolute atomic E-state index is 0.0665. The van der Waals surface area contributed by atoms with Crippen LogP contribution < -0.4 is 5.32 Å². The van der Waals surface area contributed by atoms with Gasteiger partial charge in [-0.25, -0.2) is 0 Å². The average molecular weight is 437 g/mol. The van der Waals surface area contributed by atoms with E-state index in [1.807, 2.05) is 80.6 Å². The zero-order valence-corrected chi connectivity index (χ0v) is 18.7. The minimum Gasteiger partial charge on any atom is -0.326 e. The smallest absolute Gasteiger partial charge is 0.266 e. The molecule has 2 aromatic rings. The Hall–Kier alpha value is -2.70. The summed E-state index contributed by atoms with van der Waals surface area (Å²) in [4.78, 5) is 27.1. The first-order valence-electron chi connectivity index (χ1n) is 9.77. The van der Waals surface area contributed by atoms with Gasteiger partial charge in [-0.3, -0.25) is 14.5 Å². The number of thioether (sulfide) groups is 1. The van der Waals surface area contributed by atoms with E-state index in [2.05, 4.69) is 5.32 Å². The number of nitrogens with one attached hydrogen (secondary N) is 1. The number of hydrogen-bond acceptors (Lipinski definition) is 4. The van der Waals surface area contributed by atoms with E-state index in [1.165, 1.54) is 11.8 Å². The molecule has 30 heavy (non-hydrogen) atoms. The van der Waals surface area contributed by atoms with Gasteiger partial charge in [0.05, 0.1) is 4.91 Å². The first kappa shape index (κ1) is 22.0. The molecule has 1 N–H and O–H groups in total. The van der Waals surface area contributed by atoms with Crippen molar-refractivity contribution < 1.29 is 9.59 Å². The van der Waals surface area contributed by atoms with Crippen LogP contribution in [0.3, 0.4) is 0 Å². The normalized spacial score (nSPS) is 15.7. The molecule has 1 saturated heterocycles. The van der Waals surface area contributed by atoms with Crippen LogP contribution in [0.25, 0.3) is 6.08 Å². The average Bonchev–Trinajstić information content (AvgIpc) is 2.96. The van der Waals surface area contributed by atoms with Gasteiger partial charge in [-0.2, -0.15) is 0 Å². The van der Waals surface area contributed by atoms with Crippen molar-refractivity contribution in [1.82, 2.24) is 4.90 Å². The fourth-order valence-electron chi connectivity index (χ4n) is 3.10. The molecule has 1 heterocycles. The maximum absolute atomic E-state index is 12.7. The molecule has 4 nitrogen and oxygen atoms in total. The third-order valence-electron chi connectivity index (χ3n) is 4.51. The predicted molar refractivity (Wildman–Crippen MR) is 129 cm³/mol. The van der Waals surface area contributed by atoms with E-state index in [4.69, 9.17) is 12.2 Å². The Bertz CT molecular complexity index is 1010. The number of amides is 2. The Morgan fingerprint density at radius 3 is 2.67 bits per heavy atom. The van der Waals surface area contributed by atoms with Crippen LogP contribution in [0.1, 0.15) is 30.9 Å². The first-order chi connectivity index (χ1) is 14.4. The summed E-state index contributed by atoms with van der Waals surface area (Å²) in [5, 5.41) is 2.89. The molecular formula is C24H24N2O2S2. The molecule has 0 atom stereocenters. The highest BCUT2D eigenvalue weighted by atomic mass is 32.2. The van der Waals surface area contributed by atoms with Crippen molar-refractivity contribution in [3.8, 4) is 0 Å². The molecule has 1 fully saturated rings. The molecule has 0 bridgehead atoms. The van der Waals surface area contributed by atoms with Crippen LogP contribution in [0.5, 0.6) is 0 Å². The topological polar surface area (TPSA) is 49.4 Å². The standard InChI is InChI=1S/C24H24N2O2S2/c1-17-8-6-11-20(15-17)25-22(27)12-7-13-26-23(28)21(30-24(26)29)16-18(2)14-19-9-4-3-5-10-19/h3-6,8-11,14-16H,7,12-13H2,1-2H3,(H,25,27). The number of anilines is 1. The van der Waals surface area contributed by atoms with Crippen LogP contribution in [0, 0.1) is 6.92 Å². The number of carbonyl (C=O) groups is 2. The number of hydrogen-bond donors (Lipinski definition) is 1. The first-order valence-corrected chi connectivity index (χ1v) is 11.0. The van der Waals surface area contributed by atoms with Gasteiger partial charge in [0.25, 0.3) is 5.91 Å². The van der Waals surface area contributed by atoms with Crippen LogP contribution in [-0.4, -0.2) is 27.6 Å². The van der Waals surface area contributed by atoms with Crippen molar-refractivity contribution in [2.75, 3.05) is 11.9 Å². The number of nitrogens with zero attached hydrogens (tertiary/aromatic N) is 1. The van der Waals surface area contributed by atoms with E-state index in [0.717, 1.165) is 22.4 Å². The van der Waals surface area contributed by atoms with Gasteiger partial charge in [-0.05, 0) is 55.2 Å². The monoisotopic (exact) mass is 436 g/mol. The number of aryl methyl sites for hydroxylation is 1. The van der Waals surface area contributed by atoms with E-state index < -0.39 is 0 Å². The Balaban J connectivity index is 1.53. The van der Waals surface area contributed by atoms with Crippen LogP contribution in [0.15, 0.2) is 71.2 Å². The van der Waals surface area contributed by atoms with Gasteiger partial charge < -0.3 is 5.32 Å². The van der Waals surface area contributed by atoms with E-state index in [9.17, 15) is 9.59 Å². The lowest BCUT2D eigenvalue weighted by molar-refractivity contribution is -0.122. The summed E-state index contributed by atoms with van der Waals surface area (Å²) in [6.07, 6.45) is 4.78. The molecule has 0 spiro atoms. The predicted octanol–water partition coefficient (Wildman–Crippen LogP) is 5.56. The van der Waals surface area contributed by atoms with E-state index in [0.29, 0.717) is 28.6 Å². The molecule has 2 aromatic carbocycles. The summed E-state index contributed by atoms with van der Waals surface area (Å²) < 4.78 is 0.540. The quantitative estimate of drug-likeness (QED) is 0.456. The Morgan fingerprint density at radius 1 is 1.17 bits per heavy atom. The van der Waals surface area contributed by atoms with Crippen LogP contribution >= 0.6 is 24.0 Å². The van der Waals surface area contributed by atoms with Gasteiger partial charge in [0, 0.05) is 18.7 Å². The molecule has 6 heteroatoms.